The third-order valence-electron chi connectivity index (χ3n) is 3.15. The first-order valence-electron chi connectivity index (χ1n) is 5.62. The maximum absolute atomic E-state index is 11.5. The summed E-state index contributed by atoms with van der Waals surface area (Å²) in [5.74, 6) is -0.334. The Hall–Kier alpha value is -1.57. The monoisotopic (exact) mass is 216 g/mol. The molecule has 0 radical (unpaired) electrons. The Bertz CT molecular complexity index is 432. The zero-order valence-corrected chi connectivity index (χ0v) is 9.58. The van der Waals surface area contributed by atoms with Crippen molar-refractivity contribution in [3.05, 3.63) is 41.5 Å². The van der Waals surface area contributed by atoms with Crippen molar-refractivity contribution in [1.29, 1.82) is 0 Å². The Balaban J connectivity index is 2.41. The summed E-state index contributed by atoms with van der Waals surface area (Å²) in [5.41, 5.74) is 4.07. The molecule has 2 nitrogen and oxygen atoms in total. The van der Waals surface area contributed by atoms with Gasteiger partial charge in [0, 0.05) is 0 Å². The second-order valence-corrected chi connectivity index (χ2v) is 4.12. The highest BCUT2D eigenvalue weighted by atomic mass is 16.5. The highest BCUT2D eigenvalue weighted by Gasteiger charge is 2.18. The van der Waals surface area contributed by atoms with Crippen LogP contribution in [0.2, 0.25) is 0 Å². The van der Waals surface area contributed by atoms with E-state index >= 15 is 0 Å². The van der Waals surface area contributed by atoms with Crippen molar-refractivity contribution in [2.45, 2.75) is 25.7 Å². The molecule has 0 heterocycles. The van der Waals surface area contributed by atoms with Crippen molar-refractivity contribution in [3.8, 4) is 0 Å². The maximum Gasteiger partial charge on any atom is 0.337 e. The van der Waals surface area contributed by atoms with Gasteiger partial charge in [-0.15, -0.1) is 0 Å². The Kier molecular flexibility index (Phi) is 3.09. The van der Waals surface area contributed by atoms with Crippen LogP contribution in [0.1, 0.15) is 29.5 Å². The first kappa shape index (κ1) is 10.9. The van der Waals surface area contributed by atoms with Crippen LogP contribution in [-0.4, -0.2) is 13.1 Å². The zero-order chi connectivity index (χ0) is 11.5. The van der Waals surface area contributed by atoms with Crippen molar-refractivity contribution < 1.29 is 9.53 Å². The molecule has 1 aliphatic rings. The smallest absolute Gasteiger partial charge is 0.337 e. The molecule has 1 aromatic rings. The van der Waals surface area contributed by atoms with Gasteiger partial charge >= 0.3 is 5.97 Å². The molecule has 84 valence electrons. The van der Waals surface area contributed by atoms with E-state index in [1.165, 1.54) is 31.1 Å². The number of carbonyl (C=O) groups is 1. The standard InChI is InChI=1S/C14H16O2/c1-10(14(15)16-2)12-9-5-7-11-6-3-4-8-13(11)12/h5,7,9H,1,3-4,6,8H2,2H3. The zero-order valence-electron chi connectivity index (χ0n) is 9.58. The van der Waals surface area contributed by atoms with Gasteiger partial charge in [0.05, 0.1) is 12.7 Å². The van der Waals surface area contributed by atoms with E-state index < -0.39 is 0 Å². The number of rotatable bonds is 2. The molecule has 0 aliphatic heterocycles. The van der Waals surface area contributed by atoms with E-state index in [0.717, 1.165) is 18.4 Å². The van der Waals surface area contributed by atoms with Gasteiger partial charge < -0.3 is 4.74 Å². The second kappa shape index (κ2) is 4.52. The molecule has 2 heteroatoms. The van der Waals surface area contributed by atoms with Crippen molar-refractivity contribution in [1.82, 2.24) is 0 Å². The molecule has 0 saturated heterocycles. The molecule has 0 unspecified atom stereocenters. The van der Waals surface area contributed by atoms with Crippen LogP contribution in [0.15, 0.2) is 24.8 Å². The van der Waals surface area contributed by atoms with Crippen molar-refractivity contribution >= 4 is 11.5 Å². The highest BCUT2D eigenvalue weighted by Crippen LogP contribution is 2.28. The van der Waals surface area contributed by atoms with Gasteiger partial charge in [-0.1, -0.05) is 24.8 Å². The minimum absolute atomic E-state index is 0.334. The van der Waals surface area contributed by atoms with Gasteiger partial charge in [-0.2, -0.15) is 0 Å². The van der Waals surface area contributed by atoms with Crippen molar-refractivity contribution in [2.75, 3.05) is 7.11 Å². The van der Waals surface area contributed by atoms with Gasteiger partial charge in [0.25, 0.3) is 0 Å². The van der Waals surface area contributed by atoms with Crippen LogP contribution in [-0.2, 0) is 22.4 Å². The summed E-state index contributed by atoms with van der Waals surface area (Å²) in [5, 5.41) is 0. The molecule has 1 aromatic carbocycles. The van der Waals surface area contributed by atoms with Crippen LogP contribution in [0.3, 0.4) is 0 Å². The Labute approximate surface area is 95.9 Å². The predicted octanol–water partition coefficient (Wildman–Crippen LogP) is 2.75. The molecular formula is C14H16O2. The first-order valence-corrected chi connectivity index (χ1v) is 5.62. The number of benzene rings is 1. The number of ether oxygens (including phenoxy) is 1. The van der Waals surface area contributed by atoms with Crippen LogP contribution in [0.4, 0.5) is 0 Å². The molecular weight excluding hydrogens is 200 g/mol. The molecule has 0 bridgehead atoms. The molecule has 0 spiro atoms. The summed E-state index contributed by atoms with van der Waals surface area (Å²) < 4.78 is 4.72. The molecule has 0 fully saturated rings. The van der Waals surface area contributed by atoms with E-state index in [-0.39, 0.29) is 5.97 Å². The average Bonchev–Trinajstić information content (AvgIpc) is 2.36. The largest absolute Gasteiger partial charge is 0.465 e. The van der Waals surface area contributed by atoms with E-state index in [1.54, 1.807) is 0 Å². The summed E-state index contributed by atoms with van der Waals surface area (Å²) in [6.07, 6.45) is 4.58. The molecule has 16 heavy (non-hydrogen) atoms. The molecule has 0 atom stereocenters. The summed E-state index contributed by atoms with van der Waals surface area (Å²) in [6.45, 7) is 3.83. The van der Waals surface area contributed by atoms with Gasteiger partial charge in [-0.3, -0.25) is 0 Å². The van der Waals surface area contributed by atoms with Gasteiger partial charge in [0.1, 0.15) is 0 Å². The fourth-order valence-corrected chi connectivity index (χ4v) is 2.30. The van der Waals surface area contributed by atoms with Gasteiger partial charge in [0.2, 0.25) is 0 Å². The summed E-state index contributed by atoms with van der Waals surface area (Å²) >= 11 is 0. The number of carbonyl (C=O) groups excluding carboxylic acids is 1. The van der Waals surface area contributed by atoms with Crippen molar-refractivity contribution in [3.63, 3.8) is 0 Å². The summed E-state index contributed by atoms with van der Waals surface area (Å²) in [4.78, 5) is 11.5. The molecule has 1 aliphatic carbocycles. The van der Waals surface area contributed by atoms with E-state index in [9.17, 15) is 4.79 Å². The minimum Gasteiger partial charge on any atom is -0.465 e. The number of hydrogen-bond donors (Lipinski definition) is 0. The van der Waals surface area contributed by atoms with Crippen LogP contribution in [0, 0.1) is 0 Å². The fraction of sp³-hybridized carbons (Fsp3) is 0.357. The molecule has 0 N–H and O–H groups in total. The first-order chi connectivity index (χ1) is 7.74. The fourth-order valence-electron chi connectivity index (χ4n) is 2.30. The maximum atomic E-state index is 11.5. The quantitative estimate of drug-likeness (QED) is 0.561. The highest BCUT2D eigenvalue weighted by molar-refractivity contribution is 6.16. The van der Waals surface area contributed by atoms with Gasteiger partial charge in [-0.25, -0.2) is 4.79 Å². The van der Waals surface area contributed by atoms with E-state index in [0.29, 0.717) is 5.57 Å². The van der Waals surface area contributed by atoms with E-state index in [1.807, 2.05) is 12.1 Å². The number of methoxy groups -OCH3 is 1. The number of fused-ring (bicyclic) bond motifs is 1. The molecule has 0 saturated carbocycles. The van der Waals surface area contributed by atoms with Crippen LogP contribution < -0.4 is 0 Å². The third kappa shape index (κ3) is 1.87. The van der Waals surface area contributed by atoms with Crippen molar-refractivity contribution in [2.24, 2.45) is 0 Å². The molecule has 0 amide bonds. The van der Waals surface area contributed by atoms with Crippen LogP contribution >= 0.6 is 0 Å². The lowest BCUT2D eigenvalue weighted by Gasteiger charge is -2.19. The molecule has 0 aromatic heterocycles. The summed E-state index contributed by atoms with van der Waals surface area (Å²) in [7, 11) is 1.39. The average molecular weight is 216 g/mol. The SMILES string of the molecule is C=C(C(=O)OC)c1cccc2c1CCCC2. The topological polar surface area (TPSA) is 26.3 Å². The lowest BCUT2D eigenvalue weighted by Crippen LogP contribution is -2.10. The lowest BCUT2D eigenvalue weighted by atomic mass is 9.86. The number of hydrogen-bond acceptors (Lipinski definition) is 2. The van der Waals surface area contributed by atoms with Gasteiger partial charge in [0.15, 0.2) is 0 Å². The Morgan fingerprint density at radius 2 is 2.06 bits per heavy atom. The minimum atomic E-state index is -0.334. The van der Waals surface area contributed by atoms with Gasteiger partial charge in [-0.05, 0) is 42.4 Å². The van der Waals surface area contributed by atoms with E-state index in [4.69, 9.17) is 4.74 Å². The molecule has 2 rings (SSSR count). The third-order valence-corrected chi connectivity index (χ3v) is 3.15. The van der Waals surface area contributed by atoms with Crippen LogP contribution in [0.5, 0.6) is 0 Å². The van der Waals surface area contributed by atoms with E-state index in [2.05, 4.69) is 12.6 Å². The lowest BCUT2D eigenvalue weighted by molar-refractivity contribution is -0.133. The second-order valence-electron chi connectivity index (χ2n) is 4.12. The summed E-state index contributed by atoms with van der Waals surface area (Å²) in [6, 6.07) is 6.10. The van der Waals surface area contributed by atoms with Crippen LogP contribution in [0.25, 0.3) is 5.57 Å². The Morgan fingerprint density at radius 3 is 2.81 bits per heavy atom. The number of aryl methyl sites for hydroxylation is 1. The normalized spacial score (nSPS) is 14.1. The number of esters is 1. The Morgan fingerprint density at radius 1 is 1.31 bits per heavy atom. The predicted molar refractivity (Wildman–Crippen MR) is 64.1 cm³/mol.